The number of carbonyl (C=O) groups is 2. The Kier molecular flexibility index (Phi) is 7.86. The van der Waals surface area contributed by atoms with Crippen molar-refractivity contribution in [3.8, 4) is 5.75 Å². The number of benzene rings is 1. The molecule has 0 spiro atoms. The quantitative estimate of drug-likeness (QED) is 0.706. The molecule has 0 aliphatic carbocycles. The number of morpholine rings is 1. The molecule has 8 nitrogen and oxygen atoms in total. The van der Waals surface area contributed by atoms with Crippen LogP contribution in [0.4, 0.5) is 9.18 Å². The van der Waals surface area contributed by atoms with Crippen molar-refractivity contribution >= 4 is 22.9 Å². The van der Waals surface area contributed by atoms with Crippen molar-refractivity contribution in [2.24, 2.45) is 0 Å². The summed E-state index contributed by atoms with van der Waals surface area (Å²) in [4.78, 5) is 30.8. The summed E-state index contributed by atoms with van der Waals surface area (Å²) in [5, 5.41) is 3.29. The Labute approximate surface area is 192 Å². The van der Waals surface area contributed by atoms with E-state index >= 15 is 0 Å². The Hall–Kier alpha value is -3.20. The van der Waals surface area contributed by atoms with E-state index in [1.807, 2.05) is 13.0 Å². The highest BCUT2D eigenvalue weighted by Gasteiger charge is 2.25. The molecule has 9 heteroatoms. The number of carbonyl (C=O) groups excluding carboxylic acids is 2. The van der Waals surface area contributed by atoms with Crippen molar-refractivity contribution in [1.82, 2.24) is 15.2 Å². The second-order valence-corrected chi connectivity index (χ2v) is 8.88. The molecule has 0 bridgehead atoms. The predicted molar refractivity (Wildman–Crippen MR) is 122 cm³/mol. The zero-order chi connectivity index (χ0) is 24.0. The van der Waals surface area contributed by atoms with Crippen LogP contribution >= 0.6 is 0 Å². The number of hydrogen-bond acceptors (Lipinski definition) is 6. The number of rotatable bonds is 6. The Morgan fingerprint density at radius 1 is 1.30 bits per heavy atom. The zero-order valence-electron chi connectivity index (χ0n) is 19.4. The molecule has 1 aromatic heterocycles. The second kappa shape index (κ2) is 10.6. The number of aromatic nitrogens is 1. The molecule has 2 aromatic rings. The second-order valence-electron chi connectivity index (χ2n) is 8.88. The molecular weight excluding hydrogens is 429 g/mol. The van der Waals surface area contributed by atoms with Crippen LogP contribution in [0.1, 0.15) is 38.2 Å². The lowest BCUT2D eigenvalue weighted by molar-refractivity contribution is 0.00329. The minimum Gasteiger partial charge on any atom is -0.489 e. The van der Waals surface area contributed by atoms with Crippen LogP contribution in [0.3, 0.4) is 0 Å². The van der Waals surface area contributed by atoms with Crippen LogP contribution in [0.25, 0.3) is 10.9 Å². The fourth-order valence-corrected chi connectivity index (χ4v) is 3.29. The fraction of sp³-hybridized carbons (Fsp3) is 0.458. The van der Waals surface area contributed by atoms with E-state index in [2.05, 4.69) is 10.3 Å². The predicted octanol–water partition coefficient (Wildman–Crippen LogP) is 3.85. The SMILES string of the molecule is CC1COCCN1C(=O)c1ccc2cc(OC/C(=C/F)CNC(=O)OC(C)(C)C)ccc2n1. The van der Waals surface area contributed by atoms with Gasteiger partial charge in [0.1, 0.15) is 23.7 Å². The van der Waals surface area contributed by atoms with Gasteiger partial charge in [-0.25, -0.2) is 14.2 Å². The molecule has 33 heavy (non-hydrogen) atoms. The van der Waals surface area contributed by atoms with E-state index in [4.69, 9.17) is 14.2 Å². The van der Waals surface area contributed by atoms with Gasteiger partial charge >= 0.3 is 6.09 Å². The Bertz CT molecular complexity index is 1030. The third-order valence-corrected chi connectivity index (χ3v) is 4.95. The summed E-state index contributed by atoms with van der Waals surface area (Å²) in [6, 6.07) is 8.73. The van der Waals surface area contributed by atoms with Gasteiger partial charge in [0.2, 0.25) is 0 Å². The summed E-state index contributed by atoms with van der Waals surface area (Å²) in [5.74, 6) is 0.394. The molecule has 1 aliphatic rings. The van der Waals surface area contributed by atoms with E-state index in [0.717, 1.165) is 5.39 Å². The molecule has 178 valence electrons. The van der Waals surface area contributed by atoms with Crippen LogP contribution in [-0.4, -0.2) is 66.4 Å². The number of fused-ring (bicyclic) bond motifs is 1. The maximum absolute atomic E-state index is 13.2. The average molecular weight is 460 g/mol. The molecule has 1 aliphatic heterocycles. The molecule has 1 fully saturated rings. The Balaban J connectivity index is 1.60. The monoisotopic (exact) mass is 459 g/mol. The first-order chi connectivity index (χ1) is 15.7. The first-order valence-electron chi connectivity index (χ1n) is 10.8. The Morgan fingerprint density at radius 2 is 2.09 bits per heavy atom. The van der Waals surface area contributed by atoms with Crippen molar-refractivity contribution in [1.29, 1.82) is 0 Å². The highest BCUT2D eigenvalue weighted by Crippen LogP contribution is 2.21. The number of pyridine rings is 1. The van der Waals surface area contributed by atoms with Gasteiger partial charge in [0.05, 0.1) is 31.1 Å². The average Bonchev–Trinajstić information content (AvgIpc) is 2.77. The molecule has 0 saturated carbocycles. The van der Waals surface area contributed by atoms with Gasteiger partial charge in [-0.3, -0.25) is 4.79 Å². The minimum atomic E-state index is -0.635. The standard InChI is InChI=1S/C24H30FN3O5/c1-16-14-31-10-9-28(16)22(29)21-7-5-18-11-19(6-8-20(18)27-21)32-15-17(12-25)13-26-23(30)33-24(2,3)4/h5-8,11-12,16H,9-10,13-15H2,1-4H3,(H,26,30)/b17-12+. The number of nitrogens with one attached hydrogen (secondary N) is 1. The van der Waals surface area contributed by atoms with Crippen molar-refractivity contribution < 1.29 is 28.2 Å². The number of ether oxygens (including phenoxy) is 3. The molecule has 3 rings (SSSR count). The minimum absolute atomic E-state index is 0.00193. The van der Waals surface area contributed by atoms with Crippen LogP contribution in [0.5, 0.6) is 5.75 Å². The van der Waals surface area contributed by atoms with Crippen molar-refractivity contribution in [3.63, 3.8) is 0 Å². The van der Waals surface area contributed by atoms with Crippen LogP contribution in [0, 0.1) is 0 Å². The molecule has 2 heterocycles. The lowest BCUT2D eigenvalue weighted by atomic mass is 10.1. The van der Waals surface area contributed by atoms with Gasteiger partial charge in [-0.05, 0) is 52.0 Å². The molecular formula is C24H30FN3O5. The van der Waals surface area contributed by atoms with E-state index in [1.165, 1.54) is 0 Å². The number of nitrogens with zero attached hydrogens (tertiary/aromatic N) is 2. The summed E-state index contributed by atoms with van der Waals surface area (Å²) >= 11 is 0. The molecule has 1 atom stereocenters. The first kappa shape index (κ1) is 24.4. The normalized spacial score (nSPS) is 17.1. The highest BCUT2D eigenvalue weighted by atomic mass is 19.1. The van der Waals surface area contributed by atoms with Gasteiger partial charge in [0.15, 0.2) is 0 Å². The lowest BCUT2D eigenvalue weighted by Crippen LogP contribution is -2.47. The summed E-state index contributed by atoms with van der Waals surface area (Å²) in [5.41, 5.74) is 0.645. The highest BCUT2D eigenvalue weighted by molar-refractivity contribution is 5.95. The van der Waals surface area contributed by atoms with Gasteiger partial charge in [0.25, 0.3) is 5.91 Å². The van der Waals surface area contributed by atoms with Gasteiger partial charge in [-0.15, -0.1) is 0 Å². The maximum Gasteiger partial charge on any atom is 0.407 e. The van der Waals surface area contributed by atoms with Gasteiger partial charge in [-0.1, -0.05) is 6.07 Å². The van der Waals surface area contributed by atoms with Crippen LogP contribution in [0.2, 0.25) is 0 Å². The van der Waals surface area contributed by atoms with Gasteiger partial charge < -0.3 is 24.4 Å². The molecule has 1 unspecified atom stereocenters. The number of amides is 2. The molecule has 1 saturated heterocycles. The van der Waals surface area contributed by atoms with Crippen LogP contribution < -0.4 is 10.1 Å². The lowest BCUT2D eigenvalue weighted by Gasteiger charge is -2.33. The first-order valence-corrected chi connectivity index (χ1v) is 10.8. The van der Waals surface area contributed by atoms with Crippen LogP contribution in [0.15, 0.2) is 42.2 Å². The summed E-state index contributed by atoms with van der Waals surface area (Å²) < 4.78 is 29.4. The maximum atomic E-state index is 13.2. The van der Waals surface area contributed by atoms with Crippen molar-refractivity contribution in [2.75, 3.05) is 32.9 Å². The van der Waals surface area contributed by atoms with E-state index in [-0.39, 0.29) is 30.7 Å². The third-order valence-electron chi connectivity index (χ3n) is 4.95. The number of alkyl carbamates (subject to hydrolysis) is 1. The summed E-state index contributed by atoms with van der Waals surface area (Å²) in [6.45, 7) is 8.69. The van der Waals surface area contributed by atoms with Crippen molar-refractivity contribution in [2.45, 2.75) is 39.3 Å². The van der Waals surface area contributed by atoms with Crippen LogP contribution in [-0.2, 0) is 9.47 Å². The molecule has 1 aromatic carbocycles. The summed E-state index contributed by atoms with van der Waals surface area (Å²) in [7, 11) is 0. The van der Waals surface area contributed by atoms with E-state index in [1.54, 1.807) is 49.9 Å². The fourth-order valence-electron chi connectivity index (χ4n) is 3.29. The molecule has 0 radical (unpaired) electrons. The molecule has 1 N–H and O–H groups in total. The topological polar surface area (TPSA) is 90.0 Å². The Morgan fingerprint density at radius 3 is 2.79 bits per heavy atom. The number of hydrogen-bond donors (Lipinski definition) is 1. The smallest absolute Gasteiger partial charge is 0.407 e. The largest absolute Gasteiger partial charge is 0.489 e. The third kappa shape index (κ3) is 6.89. The van der Waals surface area contributed by atoms with Crippen molar-refractivity contribution in [3.05, 3.63) is 47.9 Å². The van der Waals surface area contributed by atoms with Gasteiger partial charge in [0, 0.05) is 24.0 Å². The van der Waals surface area contributed by atoms with E-state index in [9.17, 15) is 14.0 Å². The van der Waals surface area contributed by atoms with Gasteiger partial charge in [-0.2, -0.15) is 0 Å². The van der Waals surface area contributed by atoms with E-state index < -0.39 is 11.7 Å². The number of halogens is 1. The summed E-state index contributed by atoms with van der Waals surface area (Å²) in [6.07, 6.45) is -0.222. The van der Waals surface area contributed by atoms with E-state index in [0.29, 0.717) is 43.0 Å². The zero-order valence-corrected chi connectivity index (χ0v) is 19.4. The molecule has 2 amide bonds.